The first kappa shape index (κ1) is 33.8. The highest BCUT2D eigenvalue weighted by Gasteiger charge is 2.48. The number of Topliss-reactive ketones (excluding diaryl/α,β-unsaturated/α-hetero) is 1. The molecule has 0 bridgehead atoms. The molecular weight excluding hydrogens is 679 g/mol. The lowest BCUT2D eigenvalue weighted by atomic mass is 9.95. The predicted molar refractivity (Wildman–Crippen MR) is 202 cm³/mol. The number of anilines is 1. The average molecular weight is 712 g/mol. The largest absolute Gasteiger partial charge is 0.507 e. The van der Waals surface area contributed by atoms with Crippen molar-refractivity contribution < 1.29 is 24.2 Å². The Morgan fingerprint density at radius 2 is 1.55 bits per heavy atom. The quantitative estimate of drug-likeness (QED) is 0.0335. The number of aliphatic hydroxyl groups is 1. The fraction of sp³-hybridized carbons (Fsp3) is 0.122. The molecule has 1 aromatic heterocycles. The monoisotopic (exact) mass is 711 g/mol. The smallest absolute Gasteiger partial charge is 0.301 e. The summed E-state index contributed by atoms with van der Waals surface area (Å²) in [4.78, 5) is 28.9. The summed E-state index contributed by atoms with van der Waals surface area (Å²) >= 11 is 2.74. The third-order valence-corrected chi connectivity index (χ3v) is 10.7. The summed E-state index contributed by atoms with van der Waals surface area (Å²) in [5.41, 5.74) is 4.27. The van der Waals surface area contributed by atoms with Crippen LogP contribution in [0.25, 0.3) is 16.5 Å². The minimum absolute atomic E-state index is 0.0477. The van der Waals surface area contributed by atoms with Crippen LogP contribution < -0.4 is 14.4 Å². The van der Waals surface area contributed by atoms with Crippen molar-refractivity contribution in [2.45, 2.75) is 29.7 Å². The van der Waals surface area contributed by atoms with Gasteiger partial charge in [-0.25, -0.2) is 0 Å². The van der Waals surface area contributed by atoms with E-state index in [-0.39, 0.29) is 16.5 Å². The second kappa shape index (κ2) is 15.0. The molecule has 51 heavy (non-hydrogen) atoms. The average Bonchev–Trinajstić information content (AvgIpc) is 3.74. The van der Waals surface area contributed by atoms with E-state index in [1.165, 1.54) is 28.0 Å². The zero-order chi connectivity index (χ0) is 35.3. The topological polar surface area (TPSA) is 102 Å². The molecule has 1 N–H and O–H groups in total. The summed E-state index contributed by atoms with van der Waals surface area (Å²) in [5, 5.41) is 23.0. The lowest BCUT2D eigenvalue weighted by Crippen LogP contribution is -2.29. The van der Waals surface area contributed by atoms with Crippen LogP contribution in [0.5, 0.6) is 11.5 Å². The first-order valence-electron chi connectivity index (χ1n) is 16.3. The molecular formula is C41H33N3O5S2. The predicted octanol–water partition coefficient (Wildman–Crippen LogP) is 9.06. The van der Waals surface area contributed by atoms with E-state index in [9.17, 15) is 14.7 Å². The van der Waals surface area contributed by atoms with Crippen molar-refractivity contribution in [3.63, 3.8) is 0 Å². The molecule has 1 amide bonds. The zero-order valence-electron chi connectivity index (χ0n) is 27.7. The Morgan fingerprint density at radius 3 is 2.33 bits per heavy atom. The van der Waals surface area contributed by atoms with E-state index in [2.05, 4.69) is 41.0 Å². The summed E-state index contributed by atoms with van der Waals surface area (Å²) in [7, 11) is 0. The van der Waals surface area contributed by atoms with Crippen LogP contribution in [0.4, 0.5) is 5.13 Å². The molecule has 0 radical (unpaired) electrons. The molecule has 254 valence electrons. The third kappa shape index (κ3) is 7.15. The molecule has 0 spiro atoms. The highest BCUT2D eigenvalue weighted by atomic mass is 32.2. The summed E-state index contributed by atoms with van der Waals surface area (Å²) in [5.74, 6) is -0.0645. The van der Waals surface area contributed by atoms with Crippen molar-refractivity contribution >= 4 is 56.5 Å². The first-order chi connectivity index (χ1) is 24.9. The minimum Gasteiger partial charge on any atom is -0.507 e. The minimum atomic E-state index is -0.959. The second-order valence-corrected chi connectivity index (χ2v) is 14.0. The number of ketones is 1. The van der Waals surface area contributed by atoms with Crippen LogP contribution in [0, 0.1) is 6.92 Å². The van der Waals surface area contributed by atoms with E-state index >= 15 is 0 Å². The van der Waals surface area contributed by atoms with E-state index in [1.54, 1.807) is 54.6 Å². The van der Waals surface area contributed by atoms with Gasteiger partial charge in [-0.05, 0) is 76.3 Å². The van der Waals surface area contributed by atoms with Crippen molar-refractivity contribution in [3.8, 4) is 11.5 Å². The fourth-order valence-corrected chi connectivity index (χ4v) is 7.83. The van der Waals surface area contributed by atoms with Crippen molar-refractivity contribution in [3.05, 3.63) is 161 Å². The Bertz CT molecular complexity index is 2260. The zero-order valence-corrected chi connectivity index (χ0v) is 29.3. The highest BCUT2D eigenvalue weighted by molar-refractivity contribution is 8.00. The molecule has 1 fully saturated rings. The Labute approximate surface area is 303 Å². The van der Waals surface area contributed by atoms with Gasteiger partial charge >= 0.3 is 5.91 Å². The van der Waals surface area contributed by atoms with Crippen molar-refractivity contribution in [2.24, 2.45) is 0 Å². The van der Waals surface area contributed by atoms with Crippen molar-refractivity contribution in [1.29, 1.82) is 0 Å². The van der Waals surface area contributed by atoms with Crippen molar-refractivity contribution in [2.75, 3.05) is 11.5 Å². The van der Waals surface area contributed by atoms with Crippen LogP contribution in [-0.2, 0) is 21.9 Å². The molecule has 8 nitrogen and oxygen atoms in total. The van der Waals surface area contributed by atoms with Gasteiger partial charge in [-0.3, -0.25) is 14.5 Å². The standard InChI is InChI=1S/C41H33N3O5S2/c1-3-23-48-32-19-15-28(16-20-32)36-35(37(45)29-17-21-33(22-18-29)49-24-30-11-5-4-9-26(30)2)38(46)39(47)44(36)40-42-43-41(51-40)50-25-31-13-8-12-27-10-6-7-14-34(27)31/h3-22,36,45H,1,23-25H2,2H3/b37-35+. The van der Waals surface area contributed by atoms with Crippen LogP contribution >= 0.6 is 23.1 Å². The lowest BCUT2D eigenvalue weighted by molar-refractivity contribution is -0.132. The van der Waals surface area contributed by atoms with Gasteiger partial charge in [-0.15, -0.1) is 10.2 Å². The number of aliphatic hydroxyl groups excluding tert-OH is 1. The molecule has 0 saturated carbocycles. The summed E-state index contributed by atoms with van der Waals surface area (Å²) in [6.45, 7) is 6.43. The van der Waals surface area contributed by atoms with Gasteiger partial charge in [-0.1, -0.05) is 115 Å². The summed E-state index contributed by atoms with van der Waals surface area (Å²) in [6, 6.07) is 35.3. The van der Waals surface area contributed by atoms with Crippen LogP contribution in [0.2, 0.25) is 0 Å². The number of thioether (sulfide) groups is 1. The highest BCUT2D eigenvalue weighted by Crippen LogP contribution is 2.44. The number of hydrogen-bond donors (Lipinski definition) is 1. The van der Waals surface area contributed by atoms with Crippen LogP contribution in [0.15, 0.2) is 138 Å². The summed E-state index contributed by atoms with van der Waals surface area (Å²) in [6.07, 6.45) is 1.65. The summed E-state index contributed by atoms with van der Waals surface area (Å²) < 4.78 is 12.3. The van der Waals surface area contributed by atoms with Crippen LogP contribution in [-0.4, -0.2) is 33.6 Å². The maximum absolute atomic E-state index is 13.8. The maximum Gasteiger partial charge on any atom is 0.301 e. The van der Waals surface area contributed by atoms with E-state index in [4.69, 9.17) is 9.47 Å². The third-order valence-electron chi connectivity index (χ3n) is 8.62. The number of amides is 1. The number of hydrogen-bond acceptors (Lipinski definition) is 9. The van der Waals surface area contributed by atoms with Crippen LogP contribution in [0.3, 0.4) is 0 Å². The number of fused-ring (bicyclic) bond motifs is 1. The molecule has 1 unspecified atom stereocenters. The number of rotatable bonds is 12. The van der Waals surface area contributed by atoms with Crippen LogP contribution in [0.1, 0.15) is 33.9 Å². The Morgan fingerprint density at radius 1 is 0.863 bits per heavy atom. The molecule has 1 saturated heterocycles. The van der Waals surface area contributed by atoms with E-state index in [0.717, 1.165) is 27.5 Å². The van der Waals surface area contributed by atoms with Crippen molar-refractivity contribution in [1.82, 2.24) is 10.2 Å². The van der Waals surface area contributed by atoms with Gasteiger partial charge in [0.25, 0.3) is 5.78 Å². The number of nitrogens with zero attached hydrogens (tertiary/aromatic N) is 3. The number of benzene rings is 5. The van der Waals surface area contributed by atoms with Gasteiger partial charge in [-0.2, -0.15) is 0 Å². The first-order valence-corrected chi connectivity index (χ1v) is 18.1. The van der Waals surface area contributed by atoms with Gasteiger partial charge < -0.3 is 14.6 Å². The normalized spacial score (nSPS) is 15.3. The molecule has 2 heterocycles. The van der Waals surface area contributed by atoms with Gasteiger partial charge in [0.15, 0.2) is 4.34 Å². The second-order valence-electron chi connectivity index (χ2n) is 11.9. The molecule has 0 aliphatic carbocycles. The maximum atomic E-state index is 13.8. The van der Waals surface area contributed by atoms with Gasteiger partial charge in [0.2, 0.25) is 5.13 Å². The number of aryl methyl sites for hydroxylation is 1. The van der Waals surface area contributed by atoms with E-state index in [0.29, 0.717) is 45.9 Å². The van der Waals surface area contributed by atoms with Gasteiger partial charge in [0, 0.05) is 11.3 Å². The molecule has 5 aromatic carbocycles. The molecule has 1 aliphatic heterocycles. The number of carbonyl (C=O) groups excluding carboxylic acids is 2. The number of carbonyl (C=O) groups is 2. The Hall–Kier alpha value is -5.71. The van der Waals surface area contributed by atoms with Gasteiger partial charge in [0.1, 0.15) is 30.5 Å². The molecule has 10 heteroatoms. The molecule has 1 atom stereocenters. The van der Waals surface area contributed by atoms with E-state index in [1.807, 2.05) is 49.4 Å². The van der Waals surface area contributed by atoms with E-state index < -0.39 is 17.7 Å². The number of ether oxygens (including phenoxy) is 2. The number of aromatic nitrogens is 2. The Kier molecular flexibility index (Phi) is 9.96. The van der Waals surface area contributed by atoms with Gasteiger partial charge in [0.05, 0.1) is 11.6 Å². The fourth-order valence-electron chi connectivity index (χ4n) is 5.96. The molecule has 1 aliphatic rings. The molecule has 6 aromatic rings. The SMILES string of the molecule is C=CCOc1ccc(C2/C(=C(\O)c3ccc(OCc4ccccc4C)cc3)C(=O)C(=O)N2c2nnc(SCc3cccc4ccccc34)s2)cc1. The Balaban J connectivity index is 1.19. The lowest BCUT2D eigenvalue weighted by Gasteiger charge is -2.22. The molecule has 7 rings (SSSR count).